The Morgan fingerprint density at radius 1 is 1.00 bits per heavy atom. The summed E-state index contributed by atoms with van der Waals surface area (Å²) in [4.78, 5) is 12.7. The molecule has 0 saturated carbocycles. The van der Waals surface area contributed by atoms with Gasteiger partial charge < -0.3 is 0 Å². The number of rotatable bonds is 7. The monoisotopic (exact) mass is 333 g/mol. The van der Waals surface area contributed by atoms with Crippen LogP contribution >= 0.6 is 0 Å². The summed E-state index contributed by atoms with van der Waals surface area (Å²) in [5.41, 5.74) is 2.71. The second-order valence-electron chi connectivity index (χ2n) is 7.19. The summed E-state index contributed by atoms with van der Waals surface area (Å²) in [6.45, 7) is 4.68. The average Bonchev–Trinajstić information content (AvgIpc) is 2.69. The lowest BCUT2D eigenvalue weighted by atomic mass is 9.77. The van der Waals surface area contributed by atoms with Crippen molar-refractivity contribution in [3.63, 3.8) is 0 Å². The van der Waals surface area contributed by atoms with E-state index in [-0.39, 0.29) is 0 Å². The highest BCUT2D eigenvalue weighted by atomic mass is 14.7. The predicted octanol–water partition coefficient (Wildman–Crippen LogP) is 5.38. The molecule has 4 atom stereocenters. The fourth-order valence-corrected chi connectivity index (χ4v) is 3.76. The first-order valence-electron chi connectivity index (χ1n) is 9.22. The SMILES string of the molecule is CC(CC(CC(C)C1C=CN=CC1)c1ccncc1)c1cccnc1. The van der Waals surface area contributed by atoms with Crippen molar-refractivity contribution in [3.8, 4) is 0 Å². The molecule has 4 unspecified atom stereocenters. The van der Waals surface area contributed by atoms with Gasteiger partial charge >= 0.3 is 0 Å². The average molecular weight is 333 g/mol. The molecule has 0 amide bonds. The minimum atomic E-state index is 0.488. The summed E-state index contributed by atoms with van der Waals surface area (Å²) in [5, 5.41) is 0. The van der Waals surface area contributed by atoms with Crippen LogP contribution in [0, 0.1) is 11.8 Å². The number of allylic oxidation sites excluding steroid dienone is 1. The lowest BCUT2D eigenvalue weighted by Crippen LogP contribution is -2.16. The first-order chi connectivity index (χ1) is 12.2. The Balaban J connectivity index is 1.73. The summed E-state index contributed by atoms with van der Waals surface area (Å²) in [7, 11) is 0. The molecule has 25 heavy (non-hydrogen) atoms. The maximum absolute atomic E-state index is 4.29. The third kappa shape index (κ3) is 4.85. The van der Waals surface area contributed by atoms with Gasteiger partial charge in [0.15, 0.2) is 0 Å². The Morgan fingerprint density at radius 2 is 1.84 bits per heavy atom. The molecule has 0 N–H and O–H groups in total. The Hall–Kier alpha value is -2.29. The summed E-state index contributed by atoms with van der Waals surface area (Å²) in [5.74, 6) is 2.24. The summed E-state index contributed by atoms with van der Waals surface area (Å²) in [6.07, 6.45) is 17.3. The Labute approximate surface area is 151 Å². The predicted molar refractivity (Wildman–Crippen MR) is 104 cm³/mol. The molecule has 130 valence electrons. The molecule has 0 radical (unpaired) electrons. The number of hydrogen-bond acceptors (Lipinski definition) is 3. The zero-order chi connectivity index (χ0) is 17.5. The van der Waals surface area contributed by atoms with Crippen LogP contribution in [0.2, 0.25) is 0 Å². The minimum absolute atomic E-state index is 0.488. The van der Waals surface area contributed by atoms with E-state index in [0.29, 0.717) is 23.7 Å². The Kier molecular flexibility index (Phi) is 6.10. The largest absolute Gasteiger partial charge is 0.269 e. The number of hydrogen-bond donors (Lipinski definition) is 0. The molecule has 0 saturated heterocycles. The van der Waals surface area contributed by atoms with Crippen LogP contribution in [0.4, 0.5) is 0 Å². The molecule has 3 heteroatoms. The Morgan fingerprint density at radius 3 is 2.52 bits per heavy atom. The van der Waals surface area contributed by atoms with Crippen LogP contribution in [0.5, 0.6) is 0 Å². The summed E-state index contributed by atoms with van der Waals surface area (Å²) >= 11 is 0. The van der Waals surface area contributed by atoms with E-state index in [1.165, 1.54) is 17.5 Å². The highest BCUT2D eigenvalue weighted by Gasteiger charge is 2.23. The van der Waals surface area contributed by atoms with E-state index in [0.717, 1.165) is 12.8 Å². The van der Waals surface area contributed by atoms with Gasteiger partial charge in [-0.2, -0.15) is 0 Å². The fourth-order valence-electron chi connectivity index (χ4n) is 3.76. The van der Waals surface area contributed by atoms with Gasteiger partial charge in [0.25, 0.3) is 0 Å². The molecular formula is C22H27N3. The lowest BCUT2D eigenvalue weighted by Gasteiger charge is -2.28. The maximum atomic E-state index is 4.29. The first-order valence-corrected chi connectivity index (χ1v) is 9.22. The number of nitrogens with zero attached hydrogens (tertiary/aromatic N) is 3. The smallest absolute Gasteiger partial charge is 0.0302 e. The van der Waals surface area contributed by atoms with Crippen molar-refractivity contribution in [1.82, 2.24) is 9.97 Å². The molecule has 0 aromatic carbocycles. The van der Waals surface area contributed by atoms with E-state index >= 15 is 0 Å². The molecule has 0 aliphatic carbocycles. The van der Waals surface area contributed by atoms with Crippen molar-refractivity contribution < 1.29 is 0 Å². The molecule has 2 aromatic rings. The van der Waals surface area contributed by atoms with Gasteiger partial charge in [0.2, 0.25) is 0 Å². The van der Waals surface area contributed by atoms with Crippen molar-refractivity contribution in [1.29, 1.82) is 0 Å². The van der Waals surface area contributed by atoms with Crippen molar-refractivity contribution in [2.24, 2.45) is 16.8 Å². The van der Waals surface area contributed by atoms with E-state index in [9.17, 15) is 0 Å². The molecule has 1 aliphatic heterocycles. The minimum Gasteiger partial charge on any atom is -0.269 e. The van der Waals surface area contributed by atoms with Crippen molar-refractivity contribution in [2.75, 3.05) is 0 Å². The zero-order valence-corrected chi connectivity index (χ0v) is 15.1. The van der Waals surface area contributed by atoms with E-state index in [2.05, 4.69) is 53.1 Å². The lowest BCUT2D eigenvalue weighted by molar-refractivity contribution is 0.358. The summed E-state index contributed by atoms with van der Waals surface area (Å²) < 4.78 is 0. The van der Waals surface area contributed by atoms with E-state index in [1.54, 1.807) is 0 Å². The second-order valence-corrected chi connectivity index (χ2v) is 7.19. The number of pyridine rings is 2. The number of aromatic nitrogens is 2. The zero-order valence-electron chi connectivity index (χ0n) is 15.1. The van der Waals surface area contributed by atoms with Gasteiger partial charge in [-0.1, -0.05) is 26.0 Å². The van der Waals surface area contributed by atoms with E-state index in [4.69, 9.17) is 0 Å². The van der Waals surface area contributed by atoms with Crippen molar-refractivity contribution >= 4 is 6.21 Å². The third-order valence-electron chi connectivity index (χ3n) is 5.36. The van der Waals surface area contributed by atoms with Gasteiger partial charge in [-0.25, -0.2) is 0 Å². The molecule has 1 aliphatic rings. The van der Waals surface area contributed by atoms with Crippen molar-refractivity contribution in [3.05, 3.63) is 72.5 Å². The van der Waals surface area contributed by atoms with Crippen LogP contribution in [-0.4, -0.2) is 16.2 Å². The van der Waals surface area contributed by atoms with Gasteiger partial charge in [-0.15, -0.1) is 0 Å². The Bertz CT molecular complexity index is 694. The van der Waals surface area contributed by atoms with E-state index < -0.39 is 0 Å². The van der Waals surface area contributed by atoms with Gasteiger partial charge in [0, 0.05) is 37.2 Å². The summed E-state index contributed by atoms with van der Waals surface area (Å²) in [6, 6.07) is 8.56. The highest BCUT2D eigenvalue weighted by molar-refractivity contribution is 5.60. The first kappa shape index (κ1) is 17.5. The topological polar surface area (TPSA) is 38.1 Å². The van der Waals surface area contributed by atoms with Crippen LogP contribution in [0.3, 0.4) is 0 Å². The highest BCUT2D eigenvalue weighted by Crippen LogP contribution is 2.36. The number of aliphatic imine (C=N–C) groups is 1. The van der Waals surface area contributed by atoms with Gasteiger partial charge in [-0.05, 0) is 72.3 Å². The third-order valence-corrected chi connectivity index (χ3v) is 5.36. The molecule has 3 heterocycles. The van der Waals surface area contributed by atoms with Crippen LogP contribution in [0.15, 0.2) is 66.3 Å². The second kappa shape index (κ2) is 8.70. The normalized spacial score (nSPS) is 20.2. The molecule has 0 bridgehead atoms. The molecule has 0 fully saturated rings. The quantitative estimate of drug-likeness (QED) is 0.682. The van der Waals surface area contributed by atoms with Crippen molar-refractivity contribution in [2.45, 2.75) is 44.9 Å². The van der Waals surface area contributed by atoms with Gasteiger partial charge in [0.1, 0.15) is 0 Å². The van der Waals surface area contributed by atoms with Gasteiger partial charge in [0.05, 0.1) is 0 Å². The molecule has 2 aromatic heterocycles. The standard InChI is InChI=1S/C22H27N3/c1-17(19-5-10-23-11-6-19)14-22(20-7-12-24-13-8-20)15-18(2)21-4-3-9-25-16-21/h3-5,7-13,16-19,22H,6,14-15H2,1-2H3. The molecule has 0 spiro atoms. The molecule has 3 nitrogen and oxygen atoms in total. The van der Waals surface area contributed by atoms with E-state index in [1.807, 2.05) is 43.3 Å². The van der Waals surface area contributed by atoms with Crippen LogP contribution < -0.4 is 0 Å². The fraction of sp³-hybridized carbons (Fsp3) is 0.409. The maximum Gasteiger partial charge on any atom is 0.0302 e. The van der Waals surface area contributed by atoms with Crippen LogP contribution in [0.25, 0.3) is 0 Å². The van der Waals surface area contributed by atoms with Crippen LogP contribution in [0.1, 0.15) is 56.1 Å². The van der Waals surface area contributed by atoms with Crippen LogP contribution in [-0.2, 0) is 0 Å². The molecule has 3 rings (SSSR count). The van der Waals surface area contributed by atoms with Gasteiger partial charge in [-0.3, -0.25) is 15.0 Å². The molecular weight excluding hydrogens is 306 g/mol.